The van der Waals surface area contributed by atoms with Crippen molar-refractivity contribution in [1.82, 2.24) is 0 Å². The molecule has 0 bridgehead atoms. The normalized spacial score (nSPS) is 10.2. The molecule has 0 aromatic carbocycles. The molecule has 0 N–H and O–H groups in total. The molecule has 0 spiro atoms. The van der Waals surface area contributed by atoms with Crippen molar-refractivity contribution in [1.29, 1.82) is 0 Å². The molecule has 0 aliphatic carbocycles. The molecule has 0 aliphatic rings. The van der Waals surface area contributed by atoms with E-state index in [0.717, 1.165) is 12.3 Å². The second kappa shape index (κ2) is 10.5. The van der Waals surface area contributed by atoms with Gasteiger partial charge in [0.1, 0.15) is 0 Å². The Kier molecular flexibility index (Phi) is 13.9. The molecule has 6 heteroatoms. The minimum absolute atomic E-state index is 0.556. The third-order valence-corrected chi connectivity index (χ3v) is 3.52. The van der Waals surface area contributed by atoms with E-state index in [1.807, 2.05) is 14.1 Å². The van der Waals surface area contributed by atoms with E-state index >= 15 is 0 Å². The Balaban J connectivity index is 0. The van der Waals surface area contributed by atoms with Crippen LogP contribution in [-0.4, -0.2) is 34.5 Å². The van der Waals surface area contributed by atoms with Crippen molar-refractivity contribution < 1.29 is 17.0 Å². The molecular formula is C6H16Cl2N2SiTi-2. The predicted octanol–water partition coefficient (Wildman–Crippen LogP) is 3.16. The molecule has 0 unspecified atom stereocenters. The van der Waals surface area contributed by atoms with Crippen LogP contribution in [0.5, 0.6) is 0 Å². The van der Waals surface area contributed by atoms with Gasteiger partial charge in [0.15, 0.2) is 0 Å². The number of hydrogen-bond acceptors (Lipinski definition) is 0. The van der Waals surface area contributed by atoms with Crippen molar-refractivity contribution in [2.75, 3.05) is 26.4 Å². The third-order valence-electron chi connectivity index (χ3n) is 1.17. The third kappa shape index (κ3) is 14.0. The average Bonchev–Trinajstić information content (AvgIpc) is 1.88. The van der Waals surface area contributed by atoms with Gasteiger partial charge in [0.25, 0.3) is 0 Å². The van der Waals surface area contributed by atoms with Crippen LogP contribution in [0.25, 0.3) is 10.6 Å². The van der Waals surface area contributed by atoms with Gasteiger partial charge in [-0.2, -0.15) is 26.4 Å². The van der Waals surface area contributed by atoms with Gasteiger partial charge in [-0.25, -0.2) is 0 Å². The first kappa shape index (κ1) is 15.9. The topological polar surface area (TPSA) is 28.2 Å². The zero-order valence-corrected chi connectivity index (χ0v) is 12.1. The van der Waals surface area contributed by atoms with Crippen LogP contribution in [0.3, 0.4) is 0 Å². The fourth-order valence-corrected chi connectivity index (χ4v) is 2.72. The molecule has 0 atom stereocenters. The van der Waals surface area contributed by atoms with Crippen LogP contribution in [0, 0.1) is 0 Å². The van der Waals surface area contributed by atoms with E-state index in [2.05, 4.69) is 23.7 Å². The molecule has 12 heavy (non-hydrogen) atoms. The molecule has 0 aromatic heterocycles. The van der Waals surface area contributed by atoms with E-state index in [-0.39, 0.29) is 0 Å². The van der Waals surface area contributed by atoms with E-state index in [0.29, 0.717) is 0 Å². The fourth-order valence-electron chi connectivity index (χ4n) is 0.906. The molecule has 0 aliphatic heterocycles. The predicted molar refractivity (Wildman–Crippen MR) is 57.5 cm³/mol. The molecule has 0 fully saturated rings. The van der Waals surface area contributed by atoms with Crippen molar-refractivity contribution >= 4 is 26.7 Å². The first-order valence-electron chi connectivity index (χ1n) is 3.61. The Bertz CT molecular complexity index is 87.6. The number of nitrogens with zero attached hydrogens (tertiary/aromatic N) is 2. The van der Waals surface area contributed by atoms with E-state index in [9.17, 15) is 0 Å². The maximum atomic E-state index is 4.89. The molecule has 0 amide bonds. The minimum atomic E-state index is -1.04. The van der Waals surface area contributed by atoms with Crippen LogP contribution in [-0.2, 0) is 17.0 Å². The van der Waals surface area contributed by atoms with Crippen LogP contribution in [0.4, 0.5) is 0 Å². The zero-order chi connectivity index (χ0) is 10.0. The van der Waals surface area contributed by atoms with Gasteiger partial charge < -0.3 is 10.6 Å². The summed E-state index contributed by atoms with van der Waals surface area (Å²) in [7, 11) is 12.5. The Morgan fingerprint density at radius 3 is 1.50 bits per heavy atom. The molecule has 0 rings (SSSR count). The van der Waals surface area contributed by atoms with Crippen LogP contribution >= 0.6 is 18.6 Å². The second-order valence-electron chi connectivity index (χ2n) is 3.18. The van der Waals surface area contributed by atoms with Crippen molar-refractivity contribution in [3.8, 4) is 0 Å². The van der Waals surface area contributed by atoms with Crippen molar-refractivity contribution in [3.05, 3.63) is 10.6 Å². The first-order valence-corrected chi connectivity index (χ1v) is 11.3. The molecule has 2 nitrogen and oxygen atoms in total. The molecule has 0 saturated carbocycles. The molecule has 0 saturated heterocycles. The average molecular weight is 263 g/mol. The molecule has 0 aromatic rings. The molecular weight excluding hydrogens is 247 g/mol. The summed E-state index contributed by atoms with van der Waals surface area (Å²) in [5, 5.41) is 8.26. The standard InChI is InChI=1S/C6H16N2Si.2ClH.Ti/c1-7-5-9(3,4)6-8-2;;;/h5-6H2,1-4H3;2*1H;/q-2;;;+2/p-2. The van der Waals surface area contributed by atoms with Crippen molar-refractivity contribution in [2.45, 2.75) is 13.1 Å². The maximum absolute atomic E-state index is 4.89. The molecule has 74 valence electrons. The Labute approximate surface area is 93.5 Å². The second-order valence-corrected chi connectivity index (χ2v) is 10.7. The number of halogens is 2. The monoisotopic (exact) mass is 262 g/mol. The summed E-state index contributed by atoms with van der Waals surface area (Å²) in [4.78, 5) is 0. The fraction of sp³-hybridized carbons (Fsp3) is 1.00. The van der Waals surface area contributed by atoms with Gasteiger partial charge in [0, 0.05) is 8.07 Å². The number of hydrogen-bond donors (Lipinski definition) is 0. The van der Waals surface area contributed by atoms with Crippen molar-refractivity contribution in [3.63, 3.8) is 0 Å². The van der Waals surface area contributed by atoms with Gasteiger partial charge in [-0.3, -0.25) is 0 Å². The van der Waals surface area contributed by atoms with Gasteiger partial charge in [0.05, 0.1) is 0 Å². The zero-order valence-electron chi connectivity index (χ0n) is 8.06. The van der Waals surface area contributed by atoms with E-state index in [1.165, 1.54) is 0 Å². The summed E-state index contributed by atoms with van der Waals surface area (Å²) in [5.74, 6) is 0. The SMILES string of the molecule is C[N-]C[Si](C)(C)C[N-]C.[Cl][Ti][Cl]. The summed E-state index contributed by atoms with van der Waals surface area (Å²) in [6.45, 7) is 4.62. The Morgan fingerprint density at radius 1 is 1.08 bits per heavy atom. The van der Waals surface area contributed by atoms with E-state index < -0.39 is 25.1 Å². The molecule has 0 radical (unpaired) electrons. The summed E-state index contributed by atoms with van der Waals surface area (Å²) < 4.78 is 0. The van der Waals surface area contributed by atoms with Crippen molar-refractivity contribution in [2.24, 2.45) is 0 Å². The van der Waals surface area contributed by atoms with Gasteiger partial charge in [-0.15, -0.1) is 0 Å². The van der Waals surface area contributed by atoms with Gasteiger partial charge in [0.2, 0.25) is 0 Å². The van der Waals surface area contributed by atoms with Gasteiger partial charge >= 0.3 is 35.6 Å². The van der Waals surface area contributed by atoms with Crippen LogP contribution in [0.2, 0.25) is 13.1 Å². The Hall–Kier alpha value is 1.43. The van der Waals surface area contributed by atoms with E-state index in [1.54, 1.807) is 0 Å². The summed E-state index contributed by atoms with van der Waals surface area (Å²) in [5.41, 5.74) is 0. The first-order chi connectivity index (χ1) is 5.54. The van der Waals surface area contributed by atoms with E-state index in [4.69, 9.17) is 18.6 Å². The summed E-state index contributed by atoms with van der Waals surface area (Å²) in [6, 6.07) is 0. The molecule has 0 heterocycles. The van der Waals surface area contributed by atoms with Crippen LogP contribution in [0.1, 0.15) is 0 Å². The van der Waals surface area contributed by atoms with Gasteiger partial charge in [-0.05, 0) is 0 Å². The Morgan fingerprint density at radius 2 is 1.33 bits per heavy atom. The summed E-state index contributed by atoms with van der Waals surface area (Å²) >= 11 is -0.556. The number of rotatable bonds is 4. The summed E-state index contributed by atoms with van der Waals surface area (Å²) in [6.07, 6.45) is 2.09. The van der Waals surface area contributed by atoms with Crippen LogP contribution < -0.4 is 0 Å². The van der Waals surface area contributed by atoms with Gasteiger partial charge in [-0.1, -0.05) is 13.1 Å². The quantitative estimate of drug-likeness (QED) is 0.697. The van der Waals surface area contributed by atoms with Crippen LogP contribution in [0.15, 0.2) is 0 Å².